The molecule has 2 N–H and O–H groups in total. The Hall–Kier alpha value is -1.48. The van der Waals surface area contributed by atoms with E-state index in [1.807, 2.05) is 0 Å². The molecule has 1 aromatic heterocycles. The van der Waals surface area contributed by atoms with E-state index in [2.05, 4.69) is 0 Å². The second-order valence-corrected chi connectivity index (χ2v) is 5.66. The lowest BCUT2D eigenvalue weighted by molar-refractivity contribution is 0.0359. The first-order valence-corrected chi connectivity index (χ1v) is 6.88. The molecule has 1 heterocycles. The lowest BCUT2D eigenvalue weighted by atomic mass is 10.4. The fourth-order valence-corrected chi connectivity index (χ4v) is 1.93. The van der Waals surface area contributed by atoms with Gasteiger partial charge < -0.3 is 9.30 Å². The fraction of sp³-hybridized carbons (Fsp3) is 0.500. The van der Waals surface area contributed by atoms with Crippen LogP contribution in [0.5, 0.6) is 0 Å². The smallest absolute Gasteiger partial charge is 0.355 e. The van der Waals surface area contributed by atoms with E-state index < -0.39 is 40.0 Å². The summed E-state index contributed by atoms with van der Waals surface area (Å²) in [5.41, 5.74) is -0.280. The number of nitrogens with two attached hydrogens (primary N) is 1. The molecular formula is C10H14F2N2O4S. The van der Waals surface area contributed by atoms with E-state index in [-0.39, 0.29) is 5.69 Å². The van der Waals surface area contributed by atoms with Gasteiger partial charge in [0, 0.05) is 6.20 Å². The van der Waals surface area contributed by atoms with Crippen molar-refractivity contribution in [2.24, 2.45) is 5.14 Å². The summed E-state index contributed by atoms with van der Waals surface area (Å²) in [4.78, 5) is 11.3. The number of rotatable bonds is 5. The SMILES string of the molecule is CC(C)OC(=O)c1cc(S(N)(=O)=O)cn1CC(F)F. The number of primary sulfonamides is 1. The molecule has 0 unspecified atom stereocenters. The molecular weight excluding hydrogens is 282 g/mol. The van der Waals surface area contributed by atoms with Crippen LogP contribution in [0.1, 0.15) is 24.3 Å². The predicted molar refractivity (Wildman–Crippen MR) is 62.4 cm³/mol. The summed E-state index contributed by atoms with van der Waals surface area (Å²) in [5.74, 6) is -0.884. The van der Waals surface area contributed by atoms with Gasteiger partial charge in [0.05, 0.1) is 12.6 Å². The van der Waals surface area contributed by atoms with Crippen LogP contribution in [0.2, 0.25) is 0 Å². The Kier molecular flexibility index (Phi) is 4.64. The average molecular weight is 296 g/mol. The van der Waals surface area contributed by atoms with Gasteiger partial charge in [-0.2, -0.15) is 0 Å². The quantitative estimate of drug-likeness (QED) is 0.819. The molecule has 1 aromatic rings. The van der Waals surface area contributed by atoms with Crippen LogP contribution in [0.15, 0.2) is 17.2 Å². The van der Waals surface area contributed by atoms with Gasteiger partial charge in [0.2, 0.25) is 10.0 Å². The van der Waals surface area contributed by atoms with Crippen molar-refractivity contribution in [1.82, 2.24) is 4.57 Å². The van der Waals surface area contributed by atoms with Crippen molar-refractivity contribution < 1.29 is 26.7 Å². The van der Waals surface area contributed by atoms with E-state index in [1.165, 1.54) is 0 Å². The second kappa shape index (κ2) is 5.66. The topological polar surface area (TPSA) is 91.4 Å². The predicted octanol–water partition coefficient (Wildman–Crippen LogP) is 0.966. The van der Waals surface area contributed by atoms with Crippen molar-refractivity contribution >= 4 is 16.0 Å². The zero-order valence-corrected chi connectivity index (χ0v) is 11.2. The minimum atomic E-state index is -4.08. The third-order valence-electron chi connectivity index (χ3n) is 2.09. The minimum Gasteiger partial charge on any atom is -0.458 e. The third-order valence-corrected chi connectivity index (χ3v) is 2.97. The summed E-state index contributed by atoms with van der Waals surface area (Å²) in [6, 6.07) is 0.919. The van der Waals surface area contributed by atoms with Gasteiger partial charge in [-0.25, -0.2) is 27.1 Å². The van der Waals surface area contributed by atoms with E-state index in [0.717, 1.165) is 16.8 Å². The molecule has 0 saturated carbocycles. The highest BCUT2D eigenvalue weighted by molar-refractivity contribution is 7.89. The van der Waals surface area contributed by atoms with Crippen LogP contribution in [-0.4, -0.2) is 31.5 Å². The highest BCUT2D eigenvalue weighted by atomic mass is 32.2. The normalized spacial score (nSPS) is 12.2. The number of nitrogens with zero attached hydrogens (tertiary/aromatic N) is 1. The van der Waals surface area contributed by atoms with Gasteiger partial charge in [-0.05, 0) is 19.9 Å². The van der Waals surface area contributed by atoms with Crippen molar-refractivity contribution in [3.05, 3.63) is 18.0 Å². The number of carbonyl (C=O) groups excluding carboxylic acids is 1. The molecule has 19 heavy (non-hydrogen) atoms. The van der Waals surface area contributed by atoms with Crippen LogP contribution in [0, 0.1) is 0 Å². The molecule has 0 bridgehead atoms. The van der Waals surface area contributed by atoms with E-state index in [1.54, 1.807) is 13.8 Å². The van der Waals surface area contributed by atoms with Crippen LogP contribution in [0.25, 0.3) is 0 Å². The van der Waals surface area contributed by atoms with Gasteiger partial charge in [-0.15, -0.1) is 0 Å². The number of hydrogen-bond acceptors (Lipinski definition) is 4. The van der Waals surface area contributed by atoms with Crippen molar-refractivity contribution in [2.45, 2.75) is 37.8 Å². The molecule has 0 aliphatic rings. The molecule has 0 spiro atoms. The molecule has 0 aliphatic carbocycles. The number of sulfonamides is 1. The largest absolute Gasteiger partial charge is 0.458 e. The summed E-state index contributed by atoms with van der Waals surface area (Å²) in [6.07, 6.45) is -2.31. The molecule has 0 fully saturated rings. The van der Waals surface area contributed by atoms with Gasteiger partial charge in [-0.3, -0.25) is 0 Å². The molecule has 108 valence electrons. The Bertz CT molecular complexity index is 566. The monoisotopic (exact) mass is 296 g/mol. The fourth-order valence-electron chi connectivity index (χ4n) is 1.38. The molecule has 0 aromatic carbocycles. The average Bonchev–Trinajstić information content (AvgIpc) is 2.58. The Labute approximate surface area is 109 Å². The Morgan fingerprint density at radius 2 is 2.05 bits per heavy atom. The number of aromatic nitrogens is 1. The number of hydrogen-bond donors (Lipinski definition) is 1. The molecule has 1 rings (SSSR count). The van der Waals surface area contributed by atoms with E-state index >= 15 is 0 Å². The zero-order chi connectivity index (χ0) is 14.8. The van der Waals surface area contributed by atoms with Crippen LogP contribution in [0.3, 0.4) is 0 Å². The van der Waals surface area contributed by atoms with Crippen LogP contribution < -0.4 is 5.14 Å². The second-order valence-electron chi connectivity index (χ2n) is 4.10. The van der Waals surface area contributed by atoms with Crippen molar-refractivity contribution in [3.63, 3.8) is 0 Å². The zero-order valence-electron chi connectivity index (χ0n) is 10.3. The molecule has 6 nitrogen and oxygen atoms in total. The summed E-state index contributed by atoms with van der Waals surface area (Å²) in [6.45, 7) is 2.34. The number of ether oxygens (including phenoxy) is 1. The van der Waals surface area contributed by atoms with E-state index in [0.29, 0.717) is 0 Å². The van der Waals surface area contributed by atoms with Crippen LogP contribution >= 0.6 is 0 Å². The standard InChI is InChI=1S/C10H14F2N2O4S/c1-6(2)18-10(15)8-3-7(19(13,16)17)4-14(8)5-9(11)12/h3-4,6,9H,5H2,1-2H3,(H2,13,16,17). The van der Waals surface area contributed by atoms with Gasteiger partial charge in [0.25, 0.3) is 6.43 Å². The highest BCUT2D eigenvalue weighted by Gasteiger charge is 2.22. The molecule has 9 heteroatoms. The Morgan fingerprint density at radius 1 is 1.47 bits per heavy atom. The number of esters is 1. The van der Waals surface area contributed by atoms with E-state index in [4.69, 9.17) is 9.88 Å². The Balaban J connectivity index is 3.20. The molecule has 0 atom stereocenters. The molecule has 0 radical (unpaired) electrons. The van der Waals surface area contributed by atoms with Crippen molar-refractivity contribution in [3.8, 4) is 0 Å². The number of carbonyl (C=O) groups is 1. The molecule has 0 amide bonds. The highest BCUT2D eigenvalue weighted by Crippen LogP contribution is 2.16. The van der Waals surface area contributed by atoms with Gasteiger partial charge in [0.15, 0.2) is 0 Å². The third kappa shape index (κ3) is 4.28. The summed E-state index contributed by atoms with van der Waals surface area (Å²) in [7, 11) is -4.08. The van der Waals surface area contributed by atoms with Gasteiger partial charge in [-0.1, -0.05) is 0 Å². The Morgan fingerprint density at radius 3 is 2.47 bits per heavy atom. The summed E-state index contributed by atoms with van der Waals surface area (Å²) < 4.78 is 52.7. The van der Waals surface area contributed by atoms with Crippen LogP contribution in [0.4, 0.5) is 8.78 Å². The maximum Gasteiger partial charge on any atom is 0.355 e. The van der Waals surface area contributed by atoms with Crippen molar-refractivity contribution in [2.75, 3.05) is 0 Å². The minimum absolute atomic E-state index is 0.280. The van der Waals surface area contributed by atoms with E-state index in [9.17, 15) is 22.0 Å². The summed E-state index contributed by atoms with van der Waals surface area (Å²) >= 11 is 0. The lowest BCUT2D eigenvalue weighted by Crippen LogP contribution is -2.17. The summed E-state index contributed by atoms with van der Waals surface area (Å²) in [5, 5.41) is 4.89. The number of halogens is 2. The number of alkyl halides is 2. The van der Waals surface area contributed by atoms with Gasteiger partial charge >= 0.3 is 5.97 Å². The first-order valence-electron chi connectivity index (χ1n) is 5.33. The molecule has 0 saturated heterocycles. The first kappa shape index (κ1) is 15.6. The maximum atomic E-state index is 12.4. The van der Waals surface area contributed by atoms with Crippen molar-refractivity contribution in [1.29, 1.82) is 0 Å². The maximum absolute atomic E-state index is 12.4. The first-order chi connectivity index (χ1) is 8.61. The van der Waals surface area contributed by atoms with Crippen LogP contribution in [-0.2, 0) is 21.3 Å². The molecule has 0 aliphatic heterocycles. The lowest BCUT2D eigenvalue weighted by Gasteiger charge is -2.10. The van der Waals surface area contributed by atoms with Gasteiger partial charge in [0.1, 0.15) is 10.6 Å².